The molecule has 0 bridgehead atoms. The molecule has 1 N–H and O–H groups in total. The molecule has 1 aromatic carbocycles. The molecule has 0 saturated heterocycles. The quantitative estimate of drug-likeness (QED) is 0.846. The van der Waals surface area contributed by atoms with Crippen LogP contribution in [0.1, 0.15) is 62.3 Å². The molecule has 0 aliphatic carbocycles. The molecule has 0 amide bonds. The monoisotopic (exact) mass is 260 g/mol. The number of benzene rings is 1. The summed E-state index contributed by atoms with van der Waals surface area (Å²) in [7, 11) is 0. The number of hydrogen-bond donors (Lipinski definition) is 1. The SMILES string of the molecule is CC(C)c1ccc(C(C)C)c(C(O)C(F)(F)F)c1. The summed E-state index contributed by atoms with van der Waals surface area (Å²) in [5.41, 5.74) is 1.32. The summed E-state index contributed by atoms with van der Waals surface area (Å²) in [6, 6.07) is 4.98. The Kier molecular flexibility index (Phi) is 4.43. The van der Waals surface area contributed by atoms with E-state index < -0.39 is 12.3 Å². The number of rotatable bonds is 3. The molecule has 1 nitrogen and oxygen atoms in total. The first kappa shape index (κ1) is 15.0. The second-order valence-electron chi connectivity index (χ2n) is 5.14. The highest BCUT2D eigenvalue weighted by Crippen LogP contribution is 2.37. The fraction of sp³-hybridized carbons (Fsp3) is 0.571. The second-order valence-corrected chi connectivity index (χ2v) is 5.14. The summed E-state index contributed by atoms with van der Waals surface area (Å²) < 4.78 is 38.0. The number of aliphatic hydroxyl groups excluding tert-OH is 1. The second kappa shape index (κ2) is 5.31. The van der Waals surface area contributed by atoms with E-state index in [-0.39, 0.29) is 17.4 Å². The van der Waals surface area contributed by atoms with Crippen LogP contribution in [0, 0.1) is 0 Å². The van der Waals surface area contributed by atoms with Crippen molar-refractivity contribution in [3.05, 3.63) is 34.9 Å². The lowest BCUT2D eigenvalue weighted by Gasteiger charge is -2.22. The first-order valence-corrected chi connectivity index (χ1v) is 6.03. The molecule has 18 heavy (non-hydrogen) atoms. The molecule has 1 rings (SSSR count). The van der Waals surface area contributed by atoms with Crippen LogP contribution in [0.5, 0.6) is 0 Å². The van der Waals surface area contributed by atoms with E-state index in [4.69, 9.17) is 0 Å². The van der Waals surface area contributed by atoms with Gasteiger partial charge in [-0.15, -0.1) is 0 Å². The van der Waals surface area contributed by atoms with Gasteiger partial charge in [0.25, 0.3) is 0 Å². The van der Waals surface area contributed by atoms with Gasteiger partial charge < -0.3 is 5.11 Å². The summed E-state index contributed by atoms with van der Waals surface area (Å²) >= 11 is 0. The molecule has 1 atom stereocenters. The summed E-state index contributed by atoms with van der Waals surface area (Å²) in [5.74, 6) is 0.0728. The Labute approximate surface area is 106 Å². The van der Waals surface area contributed by atoms with Crippen molar-refractivity contribution in [1.82, 2.24) is 0 Å². The minimum atomic E-state index is -4.63. The highest BCUT2D eigenvalue weighted by molar-refractivity contribution is 5.37. The lowest BCUT2D eigenvalue weighted by Crippen LogP contribution is -2.22. The van der Waals surface area contributed by atoms with Gasteiger partial charge in [-0.2, -0.15) is 13.2 Å². The van der Waals surface area contributed by atoms with Crippen molar-refractivity contribution in [2.45, 2.75) is 51.8 Å². The van der Waals surface area contributed by atoms with E-state index in [1.54, 1.807) is 6.07 Å². The third-order valence-electron chi connectivity index (χ3n) is 3.00. The van der Waals surface area contributed by atoms with Gasteiger partial charge in [0.2, 0.25) is 0 Å². The lowest BCUT2D eigenvalue weighted by atomic mass is 9.89. The summed E-state index contributed by atoms with van der Waals surface area (Å²) in [6.45, 7) is 7.45. The number of halogens is 3. The molecule has 0 fully saturated rings. The van der Waals surface area contributed by atoms with Crippen molar-refractivity contribution < 1.29 is 18.3 Å². The van der Waals surface area contributed by atoms with Gasteiger partial charge in [-0.05, 0) is 28.5 Å². The molecule has 0 aromatic heterocycles. The van der Waals surface area contributed by atoms with Crippen molar-refractivity contribution in [3.8, 4) is 0 Å². The summed E-state index contributed by atoms with van der Waals surface area (Å²) in [4.78, 5) is 0. The zero-order valence-electron chi connectivity index (χ0n) is 11.0. The van der Waals surface area contributed by atoms with Crippen molar-refractivity contribution in [1.29, 1.82) is 0 Å². The van der Waals surface area contributed by atoms with Crippen LogP contribution in [0.25, 0.3) is 0 Å². The zero-order valence-corrected chi connectivity index (χ0v) is 11.0. The molecule has 0 saturated carbocycles. The number of aliphatic hydroxyl groups is 1. The Morgan fingerprint density at radius 2 is 1.50 bits per heavy atom. The van der Waals surface area contributed by atoms with Gasteiger partial charge in [-0.3, -0.25) is 0 Å². The largest absolute Gasteiger partial charge is 0.418 e. The highest BCUT2D eigenvalue weighted by Gasteiger charge is 2.40. The van der Waals surface area contributed by atoms with Crippen LogP contribution in [0.3, 0.4) is 0 Å². The topological polar surface area (TPSA) is 20.2 Å². The van der Waals surface area contributed by atoms with Crippen LogP contribution in [-0.4, -0.2) is 11.3 Å². The van der Waals surface area contributed by atoms with Crippen LogP contribution in [-0.2, 0) is 0 Å². The Balaban J connectivity index is 3.32. The zero-order chi connectivity index (χ0) is 14.1. The van der Waals surface area contributed by atoms with Crippen molar-refractivity contribution in [2.24, 2.45) is 0 Å². The summed E-state index contributed by atoms with van der Waals surface area (Å²) in [5, 5.41) is 9.47. The maximum Gasteiger partial charge on any atom is 0.418 e. The molecule has 0 radical (unpaired) electrons. The third kappa shape index (κ3) is 3.25. The Morgan fingerprint density at radius 3 is 1.89 bits per heavy atom. The molecule has 0 heterocycles. The Hall–Kier alpha value is -1.03. The summed E-state index contributed by atoms with van der Waals surface area (Å²) in [6.07, 6.45) is -7.03. The van der Waals surface area contributed by atoms with E-state index in [1.807, 2.05) is 33.8 Å². The van der Waals surface area contributed by atoms with E-state index in [0.717, 1.165) is 5.56 Å². The normalized spacial score (nSPS) is 14.3. The minimum Gasteiger partial charge on any atom is -0.379 e. The molecule has 0 aliphatic rings. The first-order valence-electron chi connectivity index (χ1n) is 6.03. The van der Waals surface area contributed by atoms with Gasteiger partial charge in [0.05, 0.1) is 0 Å². The standard InChI is InChI=1S/C14H19F3O/c1-8(2)10-5-6-11(9(3)4)12(7-10)13(18)14(15,16)17/h5-9,13,18H,1-4H3. The van der Waals surface area contributed by atoms with Crippen molar-refractivity contribution in [3.63, 3.8) is 0 Å². The fourth-order valence-electron chi connectivity index (χ4n) is 1.89. The van der Waals surface area contributed by atoms with E-state index in [0.29, 0.717) is 5.56 Å². The van der Waals surface area contributed by atoms with Crippen LogP contribution in [0.2, 0.25) is 0 Å². The van der Waals surface area contributed by atoms with E-state index >= 15 is 0 Å². The molecule has 4 heteroatoms. The van der Waals surface area contributed by atoms with Crippen LogP contribution in [0.4, 0.5) is 13.2 Å². The smallest absolute Gasteiger partial charge is 0.379 e. The van der Waals surface area contributed by atoms with Gasteiger partial charge in [-0.25, -0.2) is 0 Å². The van der Waals surface area contributed by atoms with Gasteiger partial charge >= 0.3 is 6.18 Å². The van der Waals surface area contributed by atoms with Crippen LogP contribution in [0.15, 0.2) is 18.2 Å². The maximum absolute atomic E-state index is 12.7. The van der Waals surface area contributed by atoms with E-state index in [2.05, 4.69) is 0 Å². The number of hydrogen-bond acceptors (Lipinski definition) is 1. The van der Waals surface area contributed by atoms with Gasteiger partial charge in [0, 0.05) is 0 Å². The number of alkyl halides is 3. The van der Waals surface area contributed by atoms with Crippen LogP contribution < -0.4 is 0 Å². The van der Waals surface area contributed by atoms with Crippen LogP contribution >= 0.6 is 0 Å². The predicted octanol–water partition coefficient (Wildman–Crippen LogP) is 4.53. The van der Waals surface area contributed by atoms with Gasteiger partial charge in [-0.1, -0.05) is 45.9 Å². The minimum absolute atomic E-state index is 0.0244. The van der Waals surface area contributed by atoms with Gasteiger partial charge in [0.15, 0.2) is 6.10 Å². The molecule has 0 spiro atoms. The Bertz CT molecular complexity index is 408. The molecule has 0 aliphatic heterocycles. The van der Waals surface area contributed by atoms with Crippen molar-refractivity contribution >= 4 is 0 Å². The lowest BCUT2D eigenvalue weighted by molar-refractivity contribution is -0.207. The van der Waals surface area contributed by atoms with Crippen molar-refractivity contribution in [2.75, 3.05) is 0 Å². The third-order valence-corrected chi connectivity index (χ3v) is 3.00. The molecule has 102 valence electrons. The molecule has 1 aromatic rings. The molecular formula is C14H19F3O. The fourth-order valence-corrected chi connectivity index (χ4v) is 1.89. The highest BCUT2D eigenvalue weighted by atomic mass is 19.4. The van der Waals surface area contributed by atoms with E-state index in [1.165, 1.54) is 6.07 Å². The average molecular weight is 260 g/mol. The van der Waals surface area contributed by atoms with Gasteiger partial charge in [0.1, 0.15) is 0 Å². The predicted molar refractivity (Wildman–Crippen MR) is 65.6 cm³/mol. The molecule has 1 unspecified atom stereocenters. The Morgan fingerprint density at radius 1 is 0.944 bits per heavy atom. The average Bonchev–Trinajstić information content (AvgIpc) is 2.25. The maximum atomic E-state index is 12.7. The first-order chi connectivity index (χ1) is 8.14. The van der Waals surface area contributed by atoms with E-state index in [9.17, 15) is 18.3 Å². The molecular weight excluding hydrogens is 241 g/mol.